The molecule has 5 rings (SSSR count). The summed E-state index contributed by atoms with van der Waals surface area (Å²) in [5.74, 6) is 0.329. The van der Waals surface area contributed by atoms with Crippen molar-refractivity contribution < 1.29 is 15.8 Å². The molecule has 34 heavy (non-hydrogen) atoms. The maximum absolute atomic E-state index is 8.58. The first kappa shape index (κ1) is 16.7. The highest BCUT2D eigenvalue weighted by Gasteiger charge is 2.26. The highest BCUT2D eigenvalue weighted by atomic mass is 16.3. The molecule has 0 radical (unpaired) electrons. The number of furan rings is 1. The van der Waals surface area contributed by atoms with Gasteiger partial charge in [0.15, 0.2) is 11.4 Å². The zero-order valence-corrected chi connectivity index (χ0v) is 20.3. The third-order valence-corrected chi connectivity index (χ3v) is 6.88. The molecule has 5 aromatic rings. The summed E-state index contributed by atoms with van der Waals surface area (Å²) in [7, 11) is 2.04. The molecule has 0 fully saturated rings. The number of hydrogen-bond acceptors (Lipinski definition) is 1. The lowest BCUT2D eigenvalue weighted by Gasteiger charge is -2.14. The van der Waals surface area contributed by atoms with Gasteiger partial charge in [0.1, 0.15) is 18.2 Å². The minimum atomic E-state index is -0.476. The number of rotatable bonds is 3. The van der Waals surface area contributed by atoms with Crippen LogP contribution in [-0.4, -0.2) is 0 Å². The Balaban J connectivity index is 1.96. The van der Waals surface area contributed by atoms with Gasteiger partial charge in [0, 0.05) is 34.9 Å². The topological polar surface area (TPSA) is 21.4 Å². The highest BCUT2D eigenvalue weighted by molar-refractivity contribution is 6.15. The first-order chi connectivity index (χ1) is 18.4. The van der Waals surface area contributed by atoms with E-state index in [1.807, 2.05) is 32.2 Å². The molecule has 3 aromatic carbocycles. The average Bonchev–Trinajstić information content (AvgIpc) is 3.28. The molecule has 0 aliphatic rings. The second kappa shape index (κ2) is 8.15. The minimum absolute atomic E-state index is 0.0336. The summed E-state index contributed by atoms with van der Waals surface area (Å²) < 4.78 is 50.3. The molecule has 3 nitrogen and oxygen atoms in total. The lowest BCUT2D eigenvalue weighted by molar-refractivity contribution is -0.667. The molecule has 0 aliphatic carbocycles. The van der Waals surface area contributed by atoms with Gasteiger partial charge < -0.3 is 4.42 Å². The summed E-state index contributed by atoms with van der Waals surface area (Å²) in [6.45, 7) is 18.4. The van der Waals surface area contributed by atoms with Crippen molar-refractivity contribution in [3.8, 4) is 22.4 Å². The van der Waals surface area contributed by atoms with Gasteiger partial charge in [-0.25, -0.2) is 4.85 Å². The summed E-state index contributed by atoms with van der Waals surface area (Å²) in [4.78, 5) is 3.65. The van der Waals surface area contributed by atoms with Crippen LogP contribution in [0.2, 0.25) is 0 Å². The van der Waals surface area contributed by atoms with Crippen LogP contribution in [0, 0.1) is 27.3 Å². The summed E-state index contributed by atoms with van der Waals surface area (Å²) in [6.07, 6.45) is 0. The molecule has 0 spiro atoms. The Bertz CT molecular complexity index is 1870. The lowest BCUT2D eigenvalue weighted by Crippen LogP contribution is -2.36. The van der Waals surface area contributed by atoms with Gasteiger partial charge in [0.25, 0.3) is 0 Å². The van der Waals surface area contributed by atoms with Crippen molar-refractivity contribution in [2.45, 2.75) is 40.5 Å². The normalized spacial score (nSPS) is 13.5. The van der Waals surface area contributed by atoms with Crippen molar-refractivity contribution >= 4 is 27.6 Å². The first-order valence-electron chi connectivity index (χ1n) is 13.8. The molecule has 0 bridgehead atoms. The third-order valence-electron chi connectivity index (χ3n) is 6.88. The van der Waals surface area contributed by atoms with E-state index < -0.39 is 18.1 Å². The van der Waals surface area contributed by atoms with Gasteiger partial charge in [-0.15, -0.1) is 0 Å². The number of benzene rings is 3. The van der Waals surface area contributed by atoms with Crippen molar-refractivity contribution in [3.05, 3.63) is 94.3 Å². The van der Waals surface area contributed by atoms with Crippen molar-refractivity contribution in [2.24, 2.45) is 7.05 Å². The molecule has 2 aromatic heterocycles. The van der Waals surface area contributed by atoms with E-state index in [-0.39, 0.29) is 28.9 Å². The van der Waals surface area contributed by atoms with Crippen LogP contribution in [0.15, 0.2) is 65.0 Å². The second-order valence-electron chi connectivity index (χ2n) is 9.09. The predicted octanol–water partition coefficient (Wildman–Crippen LogP) is 8.34. The second-order valence-corrected chi connectivity index (χ2v) is 9.09. The number of pyridine rings is 1. The first-order valence-corrected chi connectivity index (χ1v) is 11.3. The Hall–Kier alpha value is -3.90. The summed E-state index contributed by atoms with van der Waals surface area (Å²) in [5, 5.41) is 1.55. The van der Waals surface area contributed by atoms with Gasteiger partial charge in [-0.3, -0.25) is 0 Å². The number of aromatic nitrogens is 1. The summed E-state index contributed by atoms with van der Waals surface area (Å²) in [5.41, 5.74) is 7.90. The molecule has 0 amide bonds. The predicted molar refractivity (Wildman–Crippen MR) is 140 cm³/mol. The van der Waals surface area contributed by atoms with E-state index in [1.165, 1.54) is 11.1 Å². The van der Waals surface area contributed by atoms with Gasteiger partial charge in [0.2, 0.25) is 5.69 Å². The van der Waals surface area contributed by atoms with E-state index in [0.29, 0.717) is 17.1 Å². The zero-order valence-electron chi connectivity index (χ0n) is 25.3. The van der Waals surface area contributed by atoms with E-state index in [9.17, 15) is 0 Å². The fraction of sp³-hybridized carbons (Fsp3) is 0.226. The van der Waals surface area contributed by atoms with Crippen molar-refractivity contribution in [1.29, 1.82) is 0 Å². The van der Waals surface area contributed by atoms with Crippen LogP contribution in [0.5, 0.6) is 0 Å². The van der Waals surface area contributed by atoms with Crippen LogP contribution >= 0.6 is 0 Å². The molecule has 0 saturated carbocycles. The van der Waals surface area contributed by atoms with Gasteiger partial charge in [-0.05, 0) is 36.5 Å². The molecule has 0 N–H and O–H groups in total. The average molecular weight is 451 g/mol. The smallest absolute Gasteiger partial charge is 0.216 e. The molecular weight excluding hydrogens is 416 g/mol. The van der Waals surface area contributed by atoms with Crippen LogP contribution < -0.4 is 4.57 Å². The molecule has 0 atom stereocenters. The Morgan fingerprint density at radius 1 is 0.941 bits per heavy atom. The van der Waals surface area contributed by atoms with E-state index in [2.05, 4.69) is 43.2 Å². The molecule has 0 unspecified atom stereocenters. The van der Waals surface area contributed by atoms with Crippen LogP contribution in [0.1, 0.15) is 49.0 Å². The molecule has 3 heteroatoms. The van der Waals surface area contributed by atoms with E-state index in [0.717, 1.165) is 33.3 Å². The number of nitrogens with zero attached hydrogens (tertiary/aromatic N) is 2. The van der Waals surface area contributed by atoms with E-state index in [4.69, 9.17) is 17.8 Å². The largest absolute Gasteiger partial charge is 0.456 e. The van der Waals surface area contributed by atoms with Crippen molar-refractivity contribution in [1.82, 2.24) is 0 Å². The number of fused-ring (bicyclic) bond motifs is 3. The van der Waals surface area contributed by atoms with Gasteiger partial charge in [-0.2, -0.15) is 4.57 Å². The van der Waals surface area contributed by atoms with Crippen LogP contribution in [0.25, 0.3) is 49.2 Å². The quantitative estimate of drug-likeness (QED) is 0.200. The monoisotopic (exact) mass is 450 g/mol. The fourth-order valence-electron chi connectivity index (χ4n) is 4.85. The van der Waals surface area contributed by atoms with Gasteiger partial charge in [0.05, 0.1) is 19.0 Å². The minimum Gasteiger partial charge on any atom is -0.456 e. The Labute approximate surface area is 208 Å². The number of aryl methyl sites for hydroxylation is 1. The Morgan fingerprint density at radius 3 is 2.24 bits per heavy atom. The molecule has 168 valence electrons. The summed E-state index contributed by atoms with van der Waals surface area (Å²) in [6, 6.07) is 7.58. The van der Waals surface area contributed by atoms with Crippen LogP contribution in [0.3, 0.4) is 0 Å². The Morgan fingerprint density at radius 2 is 1.59 bits per heavy atom. The van der Waals surface area contributed by atoms with Crippen LogP contribution in [-0.2, 0) is 7.05 Å². The zero-order chi connectivity index (χ0) is 28.5. The maximum Gasteiger partial charge on any atom is 0.216 e. The molecule has 2 heterocycles. The standard InChI is InChI=1S/C31H29N2O/c1-18(2)25-17-27(33(7)21(5)20(25)4)28-19(3)13-14-23-24-15-16-26(32-6)29(31(24)34-30(23)28)22-11-9-8-10-12-22/h8-18H,1-5,7H3/q+1/i8D,9D,10D,11D,12D. The summed E-state index contributed by atoms with van der Waals surface area (Å²) >= 11 is 0. The van der Waals surface area contributed by atoms with Gasteiger partial charge in [-0.1, -0.05) is 68.3 Å². The third kappa shape index (κ3) is 3.22. The van der Waals surface area contributed by atoms with Gasteiger partial charge >= 0.3 is 0 Å². The Kier molecular flexibility index (Phi) is 4.00. The fourth-order valence-corrected chi connectivity index (χ4v) is 4.85. The number of hydrogen-bond donors (Lipinski definition) is 0. The van der Waals surface area contributed by atoms with Crippen LogP contribution in [0.4, 0.5) is 5.69 Å². The highest BCUT2D eigenvalue weighted by Crippen LogP contribution is 2.44. The lowest BCUT2D eigenvalue weighted by atomic mass is 9.93. The van der Waals surface area contributed by atoms with E-state index in [1.54, 1.807) is 6.07 Å². The van der Waals surface area contributed by atoms with Crippen molar-refractivity contribution in [3.63, 3.8) is 0 Å². The van der Waals surface area contributed by atoms with Crippen molar-refractivity contribution in [2.75, 3.05) is 0 Å². The maximum atomic E-state index is 8.58. The molecular formula is C31H29N2O+. The molecule has 0 aliphatic heterocycles. The SMILES string of the molecule is [2H]c1c([2H])c([2H])c(-c2c([N+]#[C-])ccc3c2oc2c(-c4cc(C(C)C)c(C)c(C)[n+]4C)c(C)ccc23)c([2H])c1[2H]. The molecule has 0 saturated heterocycles. The van der Waals surface area contributed by atoms with E-state index >= 15 is 0 Å².